The number of hydrogen-bond acceptors (Lipinski definition) is 1. The fourth-order valence-corrected chi connectivity index (χ4v) is 3.60. The number of anilines is 1. The molecular weight excluding hydrogens is 230 g/mol. The average molecular weight is 249 g/mol. The maximum absolute atomic E-state index is 2.58. The van der Waals surface area contributed by atoms with Crippen LogP contribution in [-0.2, 0) is 12.8 Å². The summed E-state index contributed by atoms with van der Waals surface area (Å²) in [6.07, 6.45) is 5.08. The zero-order chi connectivity index (χ0) is 12.7. The van der Waals surface area contributed by atoms with Crippen LogP contribution in [0.4, 0.5) is 5.69 Å². The predicted molar refractivity (Wildman–Crippen MR) is 80.7 cm³/mol. The number of hydrogen-bond donors (Lipinski definition) is 0. The zero-order valence-electron chi connectivity index (χ0n) is 11.2. The van der Waals surface area contributed by atoms with Crippen LogP contribution in [-0.4, -0.2) is 13.1 Å². The third-order valence-corrected chi connectivity index (χ3v) is 4.55. The van der Waals surface area contributed by atoms with Gasteiger partial charge in [0.25, 0.3) is 0 Å². The van der Waals surface area contributed by atoms with Gasteiger partial charge in [-0.25, -0.2) is 0 Å². The van der Waals surface area contributed by atoms with E-state index in [2.05, 4.69) is 47.4 Å². The molecule has 19 heavy (non-hydrogen) atoms. The Morgan fingerprint density at radius 1 is 0.737 bits per heavy atom. The van der Waals surface area contributed by atoms with E-state index >= 15 is 0 Å². The highest BCUT2D eigenvalue weighted by Gasteiger charge is 2.22. The van der Waals surface area contributed by atoms with Gasteiger partial charge < -0.3 is 4.90 Å². The molecule has 1 aliphatic heterocycles. The average Bonchev–Trinajstić information content (AvgIpc) is 3.00. The monoisotopic (exact) mass is 249 g/mol. The minimum atomic E-state index is 1.19. The van der Waals surface area contributed by atoms with Crippen molar-refractivity contribution in [3.63, 3.8) is 0 Å². The normalized spacial score (nSPS) is 17.2. The van der Waals surface area contributed by atoms with Crippen LogP contribution in [0.5, 0.6) is 0 Å². The minimum absolute atomic E-state index is 1.19. The molecule has 1 fully saturated rings. The van der Waals surface area contributed by atoms with Crippen molar-refractivity contribution in [1.82, 2.24) is 0 Å². The van der Waals surface area contributed by atoms with Gasteiger partial charge in [0.05, 0.1) is 0 Å². The Morgan fingerprint density at radius 3 is 2.42 bits per heavy atom. The van der Waals surface area contributed by atoms with Gasteiger partial charge in [0.1, 0.15) is 0 Å². The van der Waals surface area contributed by atoms with Crippen LogP contribution in [0.15, 0.2) is 42.5 Å². The number of nitrogens with zero attached hydrogens (tertiary/aromatic N) is 1. The maximum Gasteiger partial charge on any atom is 0.0405 e. The first-order chi connectivity index (χ1) is 9.43. The van der Waals surface area contributed by atoms with E-state index in [-0.39, 0.29) is 0 Å². The van der Waals surface area contributed by atoms with Crippen molar-refractivity contribution in [2.75, 3.05) is 18.0 Å². The molecular formula is C18H19N. The molecule has 0 aromatic heterocycles. The fourth-order valence-electron chi connectivity index (χ4n) is 3.60. The Kier molecular flexibility index (Phi) is 2.58. The molecule has 2 aromatic carbocycles. The molecule has 0 unspecified atom stereocenters. The summed E-state index contributed by atoms with van der Waals surface area (Å²) in [4.78, 5) is 2.58. The molecule has 0 N–H and O–H groups in total. The lowest BCUT2D eigenvalue weighted by Crippen LogP contribution is -2.20. The molecule has 1 heterocycles. The summed E-state index contributed by atoms with van der Waals surface area (Å²) in [5, 5.41) is 0. The van der Waals surface area contributed by atoms with Crippen molar-refractivity contribution in [2.45, 2.75) is 25.7 Å². The van der Waals surface area contributed by atoms with E-state index in [1.807, 2.05) is 0 Å². The van der Waals surface area contributed by atoms with E-state index in [0.29, 0.717) is 0 Å². The van der Waals surface area contributed by atoms with E-state index in [4.69, 9.17) is 0 Å². The van der Waals surface area contributed by atoms with Crippen LogP contribution in [0.1, 0.15) is 24.0 Å². The van der Waals surface area contributed by atoms with Crippen molar-refractivity contribution >= 4 is 5.69 Å². The van der Waals surface area contributed by atoms with Crippen molar-refractivity contribution in [3.8, 4) is 11.1 Å². The Balaban J connectivity index is 1.87. The maximum atomic E-state index is 2.58. The summed E-state index contributed by atoms with van der Waals surface area (Å²) in [5.74, 6) is 0. The lowest BCUT2D eigenvalue weighted by atomic mass is 9.84. The molecule has 1 aliphatic carbocycles. The summed E-state index contributed by atoms with van der Waals surface area (Å²) in [6.45, 7) is 2.47. The Bertz CT molecular complexity index is 609. The molecule has 2 aliphatic rings. The first-order valence-corrected chi connectivity index (χ1v) is 7.38. The van der Waals surface area contributed by atoms with Gasteiger partial charge in [0, 0.05) is 18.8 Å². The van der Waals surface area contributed by atoms with E-state index in [0.717, 1.165) is 0 Å². The van der Waals surface area contributed by atoms with Gasteiger partial charge in [-0.2, -0.15) is 0 Å². The van der Waals surface area contributed by atoms with Crippen LogP contribution in [0.25, 0.3) is 11.1 Å². The van der Waals surface area contributed by atoms with Gasteiger partial charge in [-0.15, -0.1) is 0 Å². The molecule has 0 atom stereocenters. The highest BCUT2D eigenvalue weighted by Crippen LogP contribution is 2.38. The van der Waals surface area contributed by atoms with Crippen molar-refractivity contribution < 1.29 is 0 Å². The summed E-state index contributed by atoms with van der Waals surface area (Å²) in [7, 11) is 0. The molecule has 1 nitrogen and oxygen atoms in total. The van der Waals surface area contributed by atoms with Crippen LogP contribution < -0.4 is 4.90 Å². The van der Waals surface area contributed by atoms with Crippen molar-refractivity contribution in [1.29, 1.82) is 0 Å². The Hall–Kier alpha value is -1.76. The molecule has 0 saturated carbocycles. The molecule has 0 spiro atoms. The summed E-state index contributed by atoms with van der Waals surface area (Å²) >= 11 is 0. The van der Waals surface area contributed by atoms with Gasteiger partial charge in [-0.3, -0.25) is 0 Å². The molecule has 2 aromatic rings. The molecule has 96 valence electrons. The number of fused-ring (bicyclic) bond motifs is 3. The number of benzene rings is 2. The molecule has 4 rings (SSSR count). The Morgan fingerprint density at radius 2 is 1.53 bits per heavy atom. The van der Waals surface area contributed by atoms with E-state index in [9.17, 15) is 0 Å². The third kappa shape index (κ3) is 1.76. The fraction of sp³-hybridized carbons (Fsp3) is 0.333. The van der Waals surface area contributed by atoms with E-state index in [1.165, 1.54) is 61.2 Å². The first kappa shape index (κ1) is 11.1. The standard InChI is InChI=1S/C18H19N/c1-2-7-15-14(6-1)10-11-17-16(15)8-5-9-18(17)19-12-3-4-13-19/h1-2,5-9H,3-4,10-13H2. The molecule has 1 saturated heterocycles. The second kappa shape index (κ2) is 4.41. The van der Waals surface area contributed by atoms with Gasteiger partial charge >= 0.3 is 0 Å². The molecule has 1 heteroatoms. The number of aryl methyl sites for hydroxylation is 1. The van der Waals surface area contributed by atoms with Crippen molar-refractivity contribution in [3.05, 3.63) is 53.6 Å². The smallest absolute Gasteiger partial charge is 0.0405 e. The Labute approximate surface area is 114 Å². The lowest BCUT2D eigenvalue weighted by molar-refractivity contribution is 0.902. The van der Waals surface area contributed by atoms with Crippen molar-refractivity contribution in [2.24, 2.45) is 0 Å². The van der Waals surface area contributed by atoms with E-state index in [1.54, 1.807) is 5.56 Å². The zero-order valence-corrected chi connectivity index (χ0v) is 11.2. The summed E-state index contributed by atoms with van der Waals surface area (Å²) in [6, 6.07) is 15.7. The molecule has 0 bridgehead atoms. The lowest BCUT2D eigenvalue weighted by Gasteiger charge is -2.27. The van der Waals surface area contributed by atoms with Gasteiger partial charge in [-0.1, -0.05) is 36.4 Å². The van der Waals surface area contributed by atoms with Crippen LogP contribution in [0.2, 0.25) is 0 Å². The largest absolute Gasteiger partial charge is 0.371 e. The predicted octanol–water partition coefficient (Wildman–Crippen LogP) is 4.05. The van der Waals surface area contributed by atoms with Crippen LogP contribution in [0.3, 0.4) is 0 Å². The third-order valence-electron chi connectivity index (χ3n) is 4.55. The van der Waals surface area contributed by atoms with Gasteiger partial charge in [-0.05, 0) is 54.0 Å². The van der Waals surface area contributed by atoms with Gasteiger partial charge in [0.15, 0.2) is 0 Å². The molecule has 0 amide bonds. The SMILES string of the molecule is c1ccc2c(c1)CCc1c-2cccc1N1CCCC1. The second-order valence-corrected chi connectivity index (χ2v) is 5.65. The van der Waals surface area contributed by atoms with Crippen LogP contribution in [0, 0.1) is 0 Å². The first-order valence-electron chi connectivity index (χ1n) is 7.38. The molecule has 0 radical (unpaired) electrons. The highest BCUT2D eigenvalue weighted by atomic mass is 15.1. The highest BCUT2D eigenvalue weighted by molar-refractivity contribution is 5.78. The second-order valence-electron chi connectivity index (χ2n) is 5.65. The quantitative estimate of drug-likeness (QED) is 0.737. The minimum Gasteiger partial charge on any atom is -0.371 e. The van der Waals surface area contributed by atoms with Gasteiger partial charge in [0.2, 0.25) is 0 Å². The van der Waals surface area contributed by atoms with E-state index < -0.39 is 0 Å². The number of rotatable bonds is 1. The topological polar surface area (TPSA) is 3.24 Å². The summed E-state index contributed by atoms with van der Waals surface area (Å²) in [5.41, 5.74) is 7.48. The summed E-state index contributed by atoms with van der Waals surface area (Å²) < 4.78 is 0. The van der Waals surface area contributed by atoms with Crippen LogP contribution >= 0.6 is 0 Å².